The molecule has 0 fully saturated rings. The Morgan fingerprint density at radius 2 is 2.00 bits per heavy atom. The molecule has 0 spiro atoms. The zero-order valence-electron chi connectivity index (χ0n) is 14.2. The van der Waals surface area contributed by atoms with Crippen LogP contribution in [-0.4, -0.2) is 32.1 Å². The number of hydrogen-bond acceptors (Lipinski definition) is 6. The van der Waals surface area contributed by atoms with Gasteiger partial charge in [-0.15, -0.1) is 0 Å². The Hall–Kier alpha value is -2.23. The summed E-state index contributed by atoms with van der Waals surface area (Å²) in [5, 5.41) is 14.7. The van der Waals surface area contributed by atoms with Gasteiger partial charge in [0.05, 0.1) is 10.9 Å². The van der Waals surface area contributed by atoms with Gasteiger partial charge in [0.25, 0.3) is 0 Å². The number of sulfonamides is 1. The predicted octanol–water partition coefficient (Wildman–Crippen LogP) is 1.18. The number of nitrogens with zero attached hydrogens (tertiary/aromatic N) is 1. The lowest BCUT2D eigenvalue weighted by atomic mass is 10.1. The van der Waals surface area contributed by atoms with Crippen molar-refractivity contribution in [1.82, 2.24) is 10.5 Å². The minimum Gasteiger partial charge on any atom is -0.360 e. The van der Waals surface area contributed by atoms with Crippen molar-refractivity contribution in [1.29, 1.82) is 0 Å². The fraction of sp³-hybridized carbons (Fsp3) is 0.375. The van der Waals surface area contributed by atoms with Gasteiger partial charge < -0.3 is 15.2 Å². The van der Waals surface area contributed by atoms with Gasteiger partial charge in [-0.3, -0.25) is 4.79 Å². The molecule has 0 bridgehead atoms. The number of rotatable bonds is 8. The standard InChI is InChI=1S/C16H22N4O4S/c1-3-14(16(21)19-15-10-11(2)24-20-15)18-9-8-12-4-6-13(7-5-12)25(17,22)23/h4-7,10,14,18H,3,8-9H2,1-2H3,(H2,17,22,23)(H,19,20,21)/t14-/m1/s1. The quantitative estimate of drug-likeness (QED) is 0.644. The molecule has 1 aromatic heterocycles. The van der Waals surface area contributed by atoms with Crippen molar-refractivity contribution >= 4 is 21.7 Å². The zero-order chi connectivity index (χ0) is 18.4. The molecule has 1 aromatic carbocycles. The highest BCUT2D eigenvalue weighted by Gasteiger charge is 2.17. The minimum atomic E-state index is -3.68. The van der Waals surface area contributed by atoms with E-state index in [-0.39, 0.29) is 16.8 Å². The summed E-state index contributed by atoms with van der Waals surface area (Å²) >= 11 is 0. The molecule has 1 heterocycles. The Labute approximate surface area is 146 Å². The maximum Gasteiger partial charge on any atom is 0.242 e. The van der Waals surface area contributed by atoms with Crippen molar-refractivity contribution in [2.75, 3.05) is 11.9 Å². The summed E-state index contributed by atoms with van der Waals surface area (Å²) in [5.74, 6) is 0.834. The second-order valence-electron chi connectivity index (χ2n) is 5.67. The Morgan fingerprint density at radius 3 is 2.52 bits per heavy atom. The van der Waals surface area contributed by atoms with Gasteiger partial charge in [-0.1, -0.05) is 24.2 Å². The van der Waals surface area contributed by atoms with Gasteiger partial charge in [0.1, 0.15) is 5.76 Å². The number of nitrogens with one attached hydrogen (secondary N) is 2. The van der Waals surface area contributed by atoms with Crippen molar-refractivity contribution in [2.24, 2.45) is 5.14 Å². The second kappa shape index (κ2) is 8.24. The highest BCUT2D eigenvalue weighted by molar-refractivity contribution is 7.89. The van der Waals surface area contributed by atoms with Gasteiger partial charge in [0.15, 0.2) is 5.82 Å². The zero-order valence-corrected chi connectivity index (χ0v) is 15.0. The molecular weight excluding hydrogens is 344 g/mol. The van der Waals surface area contributed by atoms with E-state index in [0.29, 0.717) is 31.0 Å². The van der Waals surface area contributed by atoms with Crippen LogP contribution < -0.4 is 15.8 Å². The van der Waals surface area contributed by atoms with E-state index in [1.54, 1.807) is 25.1 Å². The highest BCUT2D eigenvalue weighted by Crippen LogP contribution is 2.10. The number of benzene rings is 1. The summed E-state index contributed by atoms with van der Waals surface area (Å²) in [6.45, 7) is 4.23. The Kier molecular flexibility index (Phi) is 6.29. The van der Waals surface area contributed by atoms with Gasteiger partial charge in [0, 0.05) is 6.07 Å². The number of aryl methyl sites for hydroxylation is 1. The highest BCUT2D eigenvalue weighted by atomic mass is 32.2. The van der Waals surface area contributed by atoms with Crippen LogP contribution in [0.15, 0.2) is 39.8 Å². The average Bonchev–Trinajstić information content (AvgIpc) is 2.96. The molecule has 136 valence electrons. The summed E-state index contributed by atoms with van der Waals surface area (Å²) in [6.07, 6.45) is 1.27. The molecule has 8 nitrogen and oxygen atoms in total. The third-order valence-electron chi connectivity index (χ3n) is 3.66. The number of carbonyl (C=O) groups excluding carboxylic acids is 1. The summed E-state index contributed by atoms with van der Waals surface area (Å²) < 4.78 is 27.4. The third-order valence-corrected chi connectivity index (χ3v) is 4.59. The van der Waals surface area contributed by atoms with Crippen molar-refractivity contribution in [3.05, 3.63) is 41.7 Å². The molecule has 0 saturated carbocycles. The minimum absolute atomic E-state index is 0.0814. The van der Waals surface area contributed by atoms with Crippen LogP contribution >= 0.6 is 0 Å². The number of primary sulfonamides is 1. The molecule has 0 aliphatic rings. The topological polar surface area (TPSA) is 127 Å². The third kappa shape index (κ3) is 5.66. The van der Waals surface area contributed by atoms with Crippen LogP contribution in [0, 0.1) is 6.92 Å². The van der Waals surface area contributed by atoms with Crippen molar-refractivity contribution in [2.45, 2.75) is 37.6 Å². The first-order valence-corrected chi connectivity index (χ1v) is 9.43. The maximum absolute atomic E-state index is 12.2. The molecule has 1 amide bonds. The van der Waals surface area contributed by atoms with Crippen LogP contribution in [-0.2, 0) is 21.2 Å². The molecule has 0 saturated heterocycles. The summed E-state index contributed by atoms with van der Waals surface area (Å²) in [4.78, 5) is 12.3. The molecular formula is C16H22N4O4S. The van der Waals surface area contributed by atoms with Crippen molar-refractivity contribution in [3.8, 4) is 0 Å². The molecule has 9 heteroatoms. The first-order chi connectivity index (χ1) is 11.8. The van der Waals surface area contributed by atoms with Crippen molar-refractivity contribution < 1.29 is 17.7 Å². The fourth-order valence-electron chi connectivity index (χ4n) is 2.30. The van der Waals surface area contributed by atoms with Gasteiger partial charge >= 0.3 is 0 Å². The molecule has 0 aliphatic heterocycles. The first-order valence-electron chi connectivity index (χ1n) is 7.89. The number of hydrogen-bond donors (Lipinski definition) is 3. The SMILES string of the molecule is CC[C@@H](NCCc1ccc(S(N)(=O)=O)cc1)C(=O)Nc1cc(C)on1. The largest absolute Gasteiger partial charge is 0.360 e. The number of amides is 1. The van der Waals surface area contributed by atoms with Gasteiger partial charge in [-0.2, -0.15) is 0 Å². The molecule has 2 aromatic rings. The lowest BCUT2D eigenvalue weighted by molar-refractivity contribution is -0.118. The molecule has 4 N–H and O–H groups in total. The molecule has 1 atom stereocenters. The molecule has 0 aliphatic carbocycles. The van der Waals surface area contributed by atoms with Crippen LogP contribution in [0.3, 0.4) is 0 Å². The number of aromatic nitrogens is 1. The summed E-state index contributed by atoms with van der Waals surface area (Å²) in [7, 11) is -3.68. The van der Waals surface area contributed by atoms with E-state index < -0.39 is 10.0 Å². The van der Waals surface area contributed by atoms with E-state index in [9.17, 15) is 13.2 Å². The maximum atomic E-state index is 12.2. The Balaban J connectivity index is 1.85. The van der Waals surface area contributed by atoms with E-state index >= 15 is 0 Å². The van der Waals surface area contributed by atoms with E-state index in [1.807, 2.05) is 6.92 Å². The average molecular weight is 366 g/mol. The Morgan fingerprint density at radius 1 is 1.32 bits per heavy atom. The van der Waals surface area contributed by atoms with Crippen LogP contribution in [0.4, 0.5) is 5.82 Å². The van der Waals surface area contributed by atoms with Gasteiger partial charge in [0.2, 0.25) is 15.9 Å². The van der Waals surface area contributed by atoms with Gasteiger partial charge in [-0.05, 0) is 44.0 Å². The predicted molar refractivity (Wildman–Crippen MR) is 93.5 cm³/mol. The van der Waals surface area contributed by atoms with Crippen LogP contribution in [0.1, 0.15) is 24.7 Å². The molecule has 25 heavy (non-hydrogen) atoms. The number of carbonyl (C=O) groups is 1. The first kappa shape index (κ1) is 19.1. The number of anilines is 1. The van der Waals surface area contributed by atoms with Crippen LogP contribution in [0.2, 0.25) is 0 Å². The second-order valence-corrected chi connectivity index (χ2v) is 7.23. The van der Waals surface area contributed by atoms with Crippen LogP contribution in [0.5, 0.6) is 0 Å². The molecule has 2 rings (SSSR count). The summed E-state index contributed by atoms with van der Waals surface area (Å²) in [6, 6.07) is 7.66. The molecule has 0 unspecified atom stereocenters. The van der Waals surface area contributed by atoms with E-state index in [0.717, 1.165) is 5.56 Å². The van der Waals surface area contributed by atoms with E-state index in [1.165, 1.54) is 12.1 Å². The lowest BCUT2D eigenvalue weighted by Gasteiger charge is -2.15. The van der Waals surface area contributed by atoms with Crippen molar-refractivity contribution in [3.63, 3.8) is 0 Å². The van der Waals surface area contributed by atoms with Crippen LogP contribution in [0.25, 0.3) is 0 Å². The monoisotopic (exact) mass is 366 g/mol. The number of nitrogens with two attached hydrogens (primary N) is 1. The van der Waals surface area contributed by atoms with Gasteiger partial charge in [-0.25, -0.2) is 13.6 Å². The fourth-order valence-corrected chi connectivity index (χ4v) is 2.81. The molecule has 0 radical (unpaired) electrons. The van der Waals surface area contributed by atoms with E-state index in [2.05, 4.69) is 15.8 Å². The van der Waals surface area contributed by atoms with E-state index in [4.69, 9.17) is 9.66 Å². The lowest BCUT2D eigenvalue weighted by Crippen LogP contribution is -2.41. The summed E-state index contributed by atoms with van der Waals surface area (Å²) in [5.41, 5.74) is 0.947. The normalized spacial score (nSPS) is 12.8. The smallest absolute Gasteiger partial charge is 0.242 e. The Bertz CT molecular complexity index is 815.